The highest BCUT2D eigenvalue weighted by Gasteiger charge is 2.47. The summed E-state index contributed by atoms with van der Waals surface area (Å²) in [4.78, 5) is 14.2. The summed E-state index contributed by atoms with van der Waals surface area (Å²) in [5.41, 5.74) is 7.11. The molecular formula is C25H29N3O4S. The molecule has 2 aliphatic carbocycles. The number of nitrogens with one attached hydrogen (secondary N) is 1. The summed E-state index contributed by atoms with van der Waals surface area (Å²) in [6, 6.07) is 12.1. The van der Waals surface area contributed by atoms with Crippen LogP contribution < -0.4 is 11.1 Å². The van der Waals surface area contributed by atoms with E-state index in [1.807, 2.05) is 25.1 Å². The fourth-order valence-corrected chi connectivity index (χ4v) is 6.70. The van der Waals surface area contributed by atoms with E-state index in [4.69, 9.17) is 5.73 Å². The van der Waals surface area contributed by atoms with Crippen LogP contribution in [0.25, 0.3) is 5.76 Å². The van der Waals surface area contributed by atoms with E-state index in [0.717, 1.165) is 18.4 Å². The maximum atomic E-state index is 14.1. The lowest BCUT2D eigenvalue weighted by molar-refractivity contribution is -0.120. The Balaban J connectivity index is 1.63. The van der Waals surface area contributed by atoms with E-state index >= 15 is 0 Å². The second-order valence-corrected chi connectivity index (χ2v) is 11.1. The highest BCUT2D eigenvalue weighted by atomic mass is 32.3. The van der Waals surface area contributed by atoms with Crippen LogP contribution in [0.4, 0.5) is 11.4 Å². The number of anilines is 2. The number of benzene rings is 2. The van der Waals surface area contributed by atoms with Crippen molar-refractivity contribution in [3.63, 3.8) is 0 Å². The summed E-state index contributed by atoms with van der Waals surface area (Å²) in [6.07, 6.45) is 6.41. The van der Waals surface area contributed by atoms with E-state index < -0.39 is 16.2 Å². The smallest absolute Gasteiger partial charge is 0.180 e. The highest BCUT2D eigenvalue weighted by Crippen LogP contribution is 2.57. The van der Waals surface area contributed by atoms with Gasteiger partial charge in [-0.15, -0.1) is 4.40 Å². The van der Waals surface area contributed by atoms with Crippen molar-refractivity contribution in [2.45, 2.75) is 55.8 Å². The molecule has 1 heterocycles. The van der Waals surface area contributed by atoms with Gasteiger partial charge < -0.3 is 16.2 Å². The van der Waals surface area contributed by atoms with Gasteiger partial charge >= 0.3 is 0 Å². The number of aliphatic hydroxyl groups excluding tert-OH is 1. The molecule has 1 unspecified atom stereocenters. The van der Waals surface area contributed by atoms with Crippen LogP contribution in [0.2, 0.25) is 0 Å². The number of aliphatic hydroxyl groups is 1. The summed E-state index contributed by atoms with van der Waals surface area (Å²) < 4.78 is 25.6. The van der Waals surface area contributed by atoms with E-state index in [9.17, 15) is 19.0 Å². The minimum absolute atomic E-state index is 0.00513. The quantitative estimate of drug-likeness (QED) is 0.358. The van der Waals surface area contributed by atoms with Crippen LogP contribution in [-0.2, 0) is 10.2 Å². The normalized spacial score (nSPS) is 25.5. The fraction of sp³-hybridized carbons (Fsp3) is 0.360. The van der Waals surface area contributed by atoms with Crippen molar-refractivity contribution >= 4 is 39.5 Å². The van der Waals surface area contributed by atoms with Crippen molar-refractivity contribution in [3.8, 4) is 0 Å². The molecule has 174 valence electrons. The van der Waals surface area contributed by atoms with Crippen molar-refractivity contribution < 1.29 is 19.0 Å². The average Bonchev–Trinajstić information content (AvgIpc) is 2.79. The minimum Gasteiger partial charge on any atom is -0.506 e. The Hall–Kier alpha value is -2.81. The number of carbonyl (C=O) groups excluding carboxylic acids is 1. The Morgan fingerprint density at radius 2 is 1.88 bits per heavy atom. The second-order valence-electron chi connectivity index (χ2n) is 9.48. The second kappa shape index (κ2) is 7.90. The molecule has 0 radical (unpaired) electrons. The molecule has 1 aliphatic heterocycles. The Morgan fingerprint density at radius 3 is 2.64 bits per heavy atom. The molecule has 1 atom stereocenters. The summed E-state index contributed by atoms with van der Waals surface area (Å²) in [6.45, 7) is 1.94. The zero-order valence-electron chi connectivity index (χ0n) is 18.5. The van der Waals surface area contributed by atoms with Crippen LogP contribution in [0.5, 0.6) is 0 Å². The van der Waals surface area contributed by atoms with Crippen molar-refractivity contribution in [1.82, 2.24) is 0 Å². The molecule has 7 nitrogen and oxygen atoms in total. The zero-order valence-corrected chi connectivity index (χ0v) is 19.4. The van der Waals surface area contributed by atoms with Crippen LogP contribution in [0.3, 0.4) is 0 Å². The number of hydrogen-bond donors (Lipinski definition) is 5. The molecule has 0 bridgehead atoms. The first-order valence-corrected chi connectivity index (χ1v) is 12.8. The van der Waals surface area contributed by atoms with Crippen LogP contribution in [0.1, 0.15) is 56.6 Å². The number of ketones is 1. The number of nitrogens with zero attached hydrogens (tertiary/aromatic N) is 1. The predicted octanol–water partition coefficient (Wildman–Crippen LogP) is 5.90. The lowest BCUT2D eigenvalue weighted by Crippen LogP contribution is -2.43. The number of hydrogen-bond acceptors (Lipinski definition) is 7. The molecule has 0 aromatic heterocycles. The number of amidine groups is 1. The SMILES string of the molecule is CC1(CC2CCCCC2)C(=O)C(C2=NS(O)(O)c3cc(N)ccc3N2)=C(O)c2ccccc21. The lowest BCUT2D eigenvalue weighted by Gasteiger charge is -2.40. The number of nitrogens with two attached hydrogens (primary N) is 1. The summed E-state index contributed by atoms with van der Waals surface area (Å²) in [5.74, 6) is -0.0616. The fourth-order valence-electron chi connectivity index (χ4n) is 5.51. The maximum Gasteiger partial charge on any atom is 0.180 e. The van der Waals surface area contributed by atoms with Crippen LogP contribution in [0.15, 0.2) is 57.3 Å². The third kappa shape index (κ3) is 3.62. The Bertz CT molecular complexity index is 1200. The first-order valence-electron chi connectivity index (χ1n) is 11.3. The molecule has 3 aliphatic rings. The van der Waals surface area contributed by atoms with E-state index in [1.165, 1.54) is 25.3 Å². The lowest BCUT2D eigenvalue weighted by atomic mass is 9.64. The van der Waals surface area contributed by atoms with Gasteiger partial charge in [0, 0.05) is 11.3 Å². The molecule has 0 amide bonds. The van der Waals surface area contributed by atoms with E-state index in [1.54, 1.807) is 18.2 Å². The number of nitrogen functional groups attached to an aromatic ring is 1. The van der Waals surface area contributed by atoms with Gasteiger partial charge in [0.15, 0.2) is 11.6 Å². The standard InChI is InChI=1S/C25H29N3O4S/c1-25(14-15-7-3-2-4-8-15)18-10-6-5-9-17(18)22(29)21(23(25)30)24-27-19-12-11-16(26)13-20(19)33(31,32)28-24/h5-6,9-13,15,29,31-32H,2-4,7-8,14,26H2,1H3,(H,27,28). The molecule has 33 heavy (non-hydrogen) atoms. The van der Waals surface area contributed by atoms with Crippen LogP contribution in [-0.4, -0.2) is 25.8 Å². The van der Waals surface area contributed by atoms with Gasteiger partial charge in [0.2, 0.25) is 0 Å². The van der Waals surface area contributed by atoms with Gasteiger partial charge in [0.1, 0.15) is 16.2 Å². The van der Waals surface area contributed by atoms with Crippen molar-refractivity contribution in [2.75, 3.05) is 11.1 Å². The molecule has 6 N–H and O–H groups in total. The molecule has 0 spiro atoms. The maximum absolute atomic E-state index is 14.1. The molecule has 1 saturated carbocycles. The van der Waals surface area contributed by atoms with E-state index in [2.05, 4.69) is 9.71 Å². The highest BCUT2D eigenvalue weighted by molar-refractivity contribution is 8.23. The molecule has 8 heteroatoms. The number of rotatable bonds is 3. The van der Waals surface area contributed by atoms with Gasteiger partial charge in [-0.1, -0.05) is 67.1 Å². The van der Waals surface area contributed by atoms with Crippen molar-refractivity contribution in [3.05, 3.63) is 59.2 Å². The van der Waals surface area contributed by atoms with Gasteiger partial charge in [-0.05, 0) is 43.0 Å². The number of fused-ring (bicyclic) bond motifs is 2. The largest absolute Gasteiger partial charge is 0.506 e. The van der Waals surface area contributed by atoms with Gasteiger partial charge in [-0.2, -0.15) is 0 Å². The zero-order chi connectivity index (χ0) is 23.4. The third-order valence-electron chi connectivity index (χ3n) is 7.17. The first kappa shape index (κ1) is 22.0. The molecular weight excluding hydrogens is 438 g/mol. The monoisotopic (exact) mass is 467 g/mol. The van der Waals surface area contributed by atoms with Crippen molar-refractivity contribution in [2.24, 2.45) is 10.3 Å². The molecule has 0 saturated heterocycles. The minimum atomic E-state index is -3.60. The Kier molecular flexibility index (Phi) is 5.27. The first-order chi connectivity index (χ1) is 15.7. The molecule has 5 rings (SSSR count). The van der Waals surface area contributed by atoms with E-state index in [0.29, 0.717) is 29.3 Å². The van der Waals surface area contributed by atoms with Crippen LogP contribution in [0, 0.1) is 5.92 Å². The molecule has 2 aromatic rings. The third-order valence-corrected chi connectivity index (χ3v) is 8.54. The van der Waals surface area contributed by atoms with Crippen molar-refractivity contribution in [1.29, 1.82) is 0 Å². The van der Waals surface area contributed by atoms with Gasteiger partial charge in [-0.25, -0.2) is 0 Å². The molecule has 2 aromatic carbocycles. The predicted molar refractivity (Wildman–Crippen MR) is 133 cm³/mol. The summed E-state index contributed by atoms with van der Waals surface area (Å²) in [7, 11) is -3.60. The Morgan fingerprint density at radius 1 is 1.15 bits per heavy atom. The topological polar surface area (TPSA) is 128 Å². The van der Waals surface area contributed by atoms with Gasteiger partial charge in [0.05, 0.1) is 11.1 Å². The van der Waals surface area contributed by atoms with Gasteiger partial charge in [-0.3, -0.25) is 13.9 Å². The van der Waals surface area contributed by atoms with E-state index in [-0.39, 0.29) is 27.8 Å². The average molecular weight is 468 g/mol. The summed E-state index contributed by atoms with van der Waals surface area (Å²) in [5, 5.41) is 14.2. The summed E-state index contributed by atoms with van der Waals surface area (Å²) >= 11 is 0. The number of Topliss-reactive ketones (excluding diaryl/α,β-unsaturated/α-hetero) is 1. The number of carbonyl (C=O) groups is 1. The van der Waals surface area contributed by atoms with Gasteiger partial charge in [0.25, 0.3) is 0 Å². The van der Waals surface area contributed by atoms with Crippen LogP contribution >= 0.6 is 10.8 Å². The Labute approximate surface area is 194 Å². The molecule has 1 fully saturated rings.